The SMILES string of the molecule is CC(C)CCCCCCCCCCCCCCC(=O)C(CCCCCCCC(=O)O)C(=O)O. The van der Waals surface area contributed by atoms with E-state index in [2.05, 4.69) is 13.8 Å². The summed E-state index contributed by atoms with van der Waals surface area (Å²) in [5.41, 5.74) is 0. The summed E-state index contributed by atoms with van der Waals surface area (Å²) in [6.07, 6.45) is 21.3. The minimum atomic E-state index is -0.995. The first-order valence-corrected chi connectivity index (χ1v) is 13.8. The lowest BCUT2D eigenvalue weighted by Gasteiger charge is -2.11. The number of rotatable bonds is 25. The van der Waals surface area contributed by atoms with Crippen LogP contribution in [0.2, 0.25) is 0 Å². The molecule has 0 amide bonds. The van der Waals surface area contributed by atoms with Gasteiger partial charge in [0.2, 0.25) is 0 Å². The first-order valence-electron chi connectivity index (χ1n) is 13.8. The van der Waals surface area contributed by atoms with E-state index in [1.54, 1.807) is 0 Å². The van der Waals surface area contributed by atoms with Crippen LogP contribution in [-0.4, -0.2) is 27.9 Å². The normalized spacial score (nSPS) is 12.2. The largest absolute Gasteiger partial charge is 0.481 e. The first kappa shape index (κ1) is 31.6. The zero-order chi connectivity index (χ0) is 24.7. The molecule has 0 aromatic heterocycles. The zero-order valence-electron chi connectivity index (χ0n) is 21.6. The van der Waals surface area contributed by atoms with Crippen molar-refractivity contribution in [1.82, 2.24) is 0 Å². The molecule has 0 spiro atoms. The van der Waals surface area contributed by atoms with Crippen molar-refractivity contribution in [3.05, 3.63) is 0 Å². The molecule has 1 unspecified atom stereocenters. The monoisotopic (exact) mass is 468 g/mol. The molecular formula is C28H52O5. The van der Waals surface area contributed by atoms with E-state index in [1.165, 1.54) is 64.2 Å². The van der Waals surface area contributed by atoms with E-state index in [4.69, 9.17) is 5.11 Å². The summed E-state index contributed by atoms with van der Waals surface area (Å²) in [6, 6.07) is 0. The summed E-state index contributed by atoms with van der Waals surface area (Å²) in [5, 5.41) is 18.0. The van der Waals surface area contributed by atoms with Gasteiger partial charge >= 0.3 is 11.9 Å². The highest BCUT2D eigenvalue weighted by Gasteiger charge is 2.24. The van der Waals surface area contributed by atoms with E-state index in [1.807, 2.05) is 0 Å². The van der Waals surface area contributed by atoms with Crippen LogP contribution in [0.15, 0.2) is 0 Å². The lowest BCUT2D eigenvalue weighted by Crippen LogP contribution is -2.23. The van der Waals surface area contributed by atoms with Crippen molar-refractivity contribution in [1.29, 1.82) is 0 Å². The molecule has 2 N–H and O–H groups in total. The molecule has 0 saturated carbocycles. The Labute approximate surface area is 203 Å². The third-order valence-electron chi connectivity index (χ3n) is 6.52. The lowest BCUT2D eigenvalue weighted by atomic mass is 9.93. The van der Waals surface area contributed by atoms with E-state index >= 15 is 0 Å². The molecular weight excluding hydrogens is 416 g/mol. The summed E-state index contributed by atoms with van der Waals surface area (Å²) >= 11 is 0. The maximum Gasteiger partial charge on any atom is 0.314 e. The molecule has 0 heterocycles. The van der Waals surface area contributed by atoms with Gasteiger partial charge in [0.05, 0.1) is 0 Å². The predicted molar refractivity (Wildman–Crippen MR) is 136 cm³/mol. The van der Waals surface area contributed by atoms with E-state index in [-0.39, 0.29) is 12.2 Å². The Morgan fingerprint density at radius 1 is 0.515 bits per heavy atom. The van der Waals surface area contributed by atoms with E-state index in [9.17, 15) is 19.5 Å². The molecule has 0 aromatic carbocycles. The van der Waals surface area contributed by atoms with Gasteiger partial charge < -0.3 is 10.2 Å². The van der Waals surface area contributed by atoms with Gasteiger partial charge in [-0.3, -0.25) is 14.4 Å². The average molecular weight is 469 g/mol. The van der Waals surface area contributed by atoms with E-state index in [0.717, 1.165) is 44.4 Å². The minimum Gasteiger partial charge on any atom is -0.481 e. The second kappa shape index (κ2) is 22.4. The second-order valence-corrected chi connectivity index (χ2v) is 10.2. The molecule has 0 bridgehead atoms. The fourth-order valence-electron chi connectivity index (χ4n) is 4.37. The molecule has 0 fully saturated rings. The molecule has 33 heavy (non-hydrogen) atoms. The van der Waals surface area contributed by atoms with Crippen LogP contribution in [0.25, 0.3) is 0 Å². The van der Waals surface area contributed by atoms with E-state index in [0.29, 0.717) is 25.7 Å². The number of Topliss-reactive ketones (excluding diaryl/α,β-unsaturated/α-hetero) is 1. The highest BCUT2D eigenvalue weighted by atomic mass is 16.4. The Kier molecular flexibility index (Phi) is 21.5. The molecule has 0 saturated heterocycles. The van der Waals surface area contributed by atoms with Crippen molar-refractivity contribution < 1.29 is 24.6 Å². The van der Waals surface area contributed by atoms with Crippen molar-refractivity contribution >= 4 is 17.7 Å². The number of aliphatic carboxylic acids is 2. The zero-order valence-corrected chi connectivity index (χ0v) is 21.6. The summed E-state index contributed by atoms with van der Waals surface area (Å²) in [6.45, 7) is 4.59. The minimum absolute atomic E-state index is 0.123. The van der Waals surface area contributed by atoms with Crippen molar-refractivity contribution in [2.45, 2.75) is 149 Å². The number of hydrogen-bond donors (Lipinski definition) is 2. The summed E-state index contributed by atoms with van der Waals surface area (Å²) in [4.78, 5) is 34.2. The highest BCUT2D eigenvalue weighted by molar-refractivity contribution is 5.98. The third-order valence-corrected chi connectivity index (χ3v) is 6.52. The summed E-state index contributed by atoms with van der Waals surface area (Å²) in [5.74, 6) is -1.92. The van der Waals surface area contributed by atoms with E-state index < -0.39 is 17.9 Å². The van der Waals surface area contributed by atoms with Gasteiger partial charge in [0.1, 0.15) is 11.7 Å². The summed E-state index contributed by atoms with van der Waals surface area (Å²) < 4.78 is 0. The van der Waals surface area contributed by atoms with Gasteiger partial charge in [-0.1, -0.05) is 117 Å². The number of unbranched alkanes of at least 4 members (excludes halogenated alkanes) is 15. The predicted octanol–water partition coefficient (Wildman–Crippen LogP) is 8.19. The topological polar surface area (TPSA) is 91.7 Å². The smallest absolute Gasteiger partial charge is 0.314 e. The van der Waals surface area contributed by atoms with Gasteiger partial charge in [-0.25, -0.2) is 0 Å². The van der Waals surface area contributed by atoms with Crippen molar-refractivity contribution in [3.63, 3.8) is 0 Å². The van der Waals surface area contributed by atoms with Gasteiger partial charge in [-0.05, 0) is 25.2 Å². The van der Waals surface area contributed by atoms with Crippen LogP contribution in [0.4, 0.5) is 0 Å². The molecule has 5 nitrogen and oxygen atoms in total. The third kappa shape index (κ3) is 22.2. The van der Waals surface area contributed by atoms with Crippen LogP contribution in [0, 0.1) is 11.8 Å². The maximum atomic E-state index is 12.3. The molecule has 0 radical (unpaired) electrons. The fourth-order valence-corrected chi connectivity index (χ4v) is 4.37. The van der Waals surface area contributed by atoms with Gasteiger partial charge in [-0.2, -0.15) is 0 Å². The van der Waals surface area contributed by atoms with Gasteiger partial charge in [0.15, 0.2) is 0 Å². The number of hydrogen-bond acceptors (Lipinski definition) is 3. The molecule has 0 aromatic rings. The molecule has 0 aliphatic carbocycles. The number of ketones is 1. The molecule has 0 aliphatic heterocycles. The van der Waals surface area contributed by atoms with Gasteiger partial charge in [-0.15, -0.1) is 0 Å². The van der Waals surface area contributed by atoms with Crippen molar-refractivity contribution in [2.24, 2.45) is 11.8 Å². The number of carbonyl (C=O) groups is 3. The maximum absolute atomic E-state index is 12.3. The second-order valence-electron chi connectivity index (χ2n) is 10.2. The number of carboxylic acids is 2. The van der Waals surface area contributed by atoms with Crippen molar-refractivity contribution in [3.8, 4) is 0 Å². The van der Waals surface area contributed by atoms with Crippen molar-refractivity contribution in [2.75, 3.05) is 0 Å². The first-order chi connectivity index (χ1) is 15.8. The molecule has 5 heteroatoms. The average Bonchev–Trinajstić information content (AvgIpc) is 2.75. The standard InChI is InChI=1S/C28H52O5/c1-24(2)20-16-12-9-7-5-3-4-6-8-10-14-18-22-26(29)25(28(32)33)21-17-13-11-15-19-23-27(30)31/h24-25H,3-23H2,1-2H3,(H,30,31)(H,32,33). The van der Waals surface area contributed by atoms with Crippen LogP contribution in [-0.2, 0) is 14.4 Å². The lowest BCUT2D eigenvalue weighted by molar-refractivity contribution is -0.146. The highest BCUT2D eigenvalue weighted by Crippen LogP contribution is 2.18. The van der Waals surface area contributed by atoms with Crippen LogP contribution in [0.3, 0.4) is 0 Å². The Bertz CT molecular complexity index is 501. The quantitative estimate of drug-likeness (QED) is 0.104. The molecule has 0 rings (SSSR count). The van der Waals surface area contributed by atoms with Gasteiger partial charge in [0.25, 0.3) is 0 Å². The van der Waals surface area contributed by atoms with Crippen LogP contribution >= 0.6 is 0 Å². The Morgan fingerprint density at radius 2 is 0.879 bits per heavy atom. The number of carbonyl (C=O) groups excluding carboxylic acids is 1. The fraction of sp³-hybridized carbons (Fsp3) is 0.893. The Hall–Kier alpha value is -1.39. The molecule has 0 aliphatic rings. The summed E-state index contributed by atoms with van der Waals surface area (Å²) in [7, 11) is 0. The number of carboxylic acid groups (broad SMARTS) is 2. The van der Waals surface area contributed by atoms with Crippen LogP contribution in [0.1, 0.15) is 149 Å². The van der Waals surface area contributed by atoms with Crippen LogP contribution < -0.4 is 0 Å². The molecule has 1 atom stereocenters. The van der Waals surface area contributed by atoms with Gasteiger partial charge in [0, 0.05) is 12.8 Å². The van der Waals surface area contributed by atoms with Crippen LogP contribution in [0.5, 0.6) is 0 Å². The Morgan fingerprint density at radius 3 is 1.27 bits per heavy atom. The molecule has 194 valence electrons. The Balaban J connectivity index is 3.59.